The molecule has 0 aliphatic rings. The zero-order valence-corrected chi connectivity index (χ0v) is 11.5. The molecule has 0 radical (unpaired) electrons. The third-order valence-corrected chi connectivity index (χ3v) is 4.31. The molecule has 3 heteroatoms. The van der Waals surface area contributed by atoms with Crippen molar-refractivity contribution in [2.75, 3.05) is 0 Å². The second-order valence-electron chi connectivity index (χ2n) is 4.56. The van der Waals surface area contributed by atoms with Gasteiger partial charge in [-0.2, -0.15) is 0 Å². The van der Waals surface area contributed by atoms with Gasteiger partial charge in [0.2, 0.25) is 0 Å². The minimum Gasteiger partial charge on any atom is -0.375 e. The van der Waals surface area contributed by atoms with E-state index in [-0.39, 0.29) is 5.82 Å². The van der Waals surface area contributed by atoms with Crippen LogP contribution in [0.15, 0.2) is 72.1 Å². The molecule has 1 aromatic heterocycles. The summed E-state index contributed by atoms with van der Waals surface area (Å²) in [5.41, 5.74) is 0.185. The molecule has 0 aliphatic carbocycles. The summed E-state index contributed by atoms with van der Waals surface area (Å²) in [5.74, 6) is -0.310. The van der Waals surface area contributed by atoms with E-state index >= 15 is 0 Å². The minimum absolute atomic E-state index is 0.310. The maximum Gasteiger partial charge on any atom is 0.149 e. The summed E-state index contributed by atoms with van der Waals surface area (Å²) in [7, 11) is 0. The maximum absolute atomic E-state index is 13.1. The quantitative estimate of drug-likeness (QED) is 0.765. The normalized spacial score (nSPS) is 13.9. The highest BCUT2D eigenvalue weighted by Gasteiger charge is 2.34. The lowest BCUT2D eigenvalue weighted by Crippen LogP contribution is -2.27. The molecule has 3 rings (SSSR count). The molecule has 0 fully saturated rings. The Bertz CT molecular complexity index is 677. The van der Waals surface area contributed by atoms with Crippen LogP contribution >= 0.6 is 11.3 Å². The van der Waals surface area contributed by atoms with Gasteiger partial charge in [0.05, 0.1) is 0 Å². The SMILES string of the molecule is OC(c1ccccc1)(c1ccc(F)cc1)c1cccs1. The van der Waals surface area contributed by atoms with Crippen LogP contribution < -0.4 is 0 Å². The fraction of sp³-hybridized carbons (Fsp3) is 0.0588. The molecule has 100 valence electrons. The number of hydrogen-bond acceptors (Lipinski definition) is 2. The van der Waals surface area contributed by atoms with E-state index in [0.29, 0.717) is 5.56 Å². The predicted molar refractivity (Wildman–Crippen MR) is 79.3 cm³/mol. The lowest BCUT2D eigenvalue weighted by molar-refractivity contribution is 0.129. The first-order valence-corrected chi connectivity index (χ1v) is 7.17. The molecule has 0 bridgehead atoms. The monoisotopic (exact) mass is 284 g/mol. The summed E-state index contributed by atoms with van der Waals surface area (Å²) >= 11 is 1.48. The summed E-state index contributed by atoms with van der Waals surface area (Å²) in [6.07, 6.45) is 0. The Labute approximate surface area is 121 Å². The van der Waals surface area contributed by atoms with Crippen molar-refractivity contribution in [1.82, 2.24) is 0 Å². The van der Waals surface area contributed by atoms with Gasteiger partial charge in [-0.1, -0.05) is 48.5 Å². The van der Waals surface area contributed by atoms with Gasteiger partial charge in [-0.15, -0.1) is 11.3 Å². The van der Waals surface area contributed by atoms with E-state index in [1.807, 2.05) is 47.8 Å². The zero-order chi connectivity index (χ0) is 14.0. The van der Waals surface area contributed by atoms with Crippen LogP contribution in [-0.2, 0) is 5.60 Å². The number of hydrogen-bond donors (Lipinski definition) is 1. The Hall–Kier alpha value is -1.97. The lowest BCUT2D eigenvalue weighted by atomic mass is 9.85. The van der Waals surface area contributed by atoms with E-state index in [0.717, 1.165) is 10.4 Å². The van der Waals surface area contributed by atoms with Crippen molar-refractivity contribution in [2.45, 2.75) is 5.60 Å². The van der Waals surface area contributed by atoms with Crippen LogP contribution in [0, 0.1) is 5.82 Å². The van der Waals surface area contributed by atoms with E-state index in [4.69, 9.17) is 0 Å². The van der Waals surface area contributed by atoms with Crippen molar-refractivity contribution in [3.63, 3.8) is 0 Å². The topological polar surface area (TPSA) is 20.2 Å². The first-order valence-electron chi connectivity index (χ1n) is 6.29. The molecule has 1 atom stereocenters. The van der Waals surface area contributed by atoms with Crippen molar-refractivity contribution in [1.29, 1.82) is 0 Å². The molecule has 0 saturated carbocycles. The van der Waals surface area contributed by atoms with Crippen LogP contribution in [-0.4, -0.2) is 5.11 Å². The Morgan fingerprint density at radius 3 is 2.05 bits per heavy atom. The number of rotatable bonds is 3. The van der Waals surface area contributed by atoms with Gasteiger partial charge in [0.1, 0.15) is 11.4 Å². The largest absolute Gasteiger partial charge is 0.375 e. The fourth-order valence-corrected chi connectivity index (χ4v) is 3.17. The van der Waals surface area contributed by atoms with Crippen molar-refractivity contribution in [3.8, 4) is 0 Å². The van der Waals surface area contributed by atoms with E-state index in [9.17, 15) is 9.50 Å². The summed E-state index contributed by atoms with van der Waals surface area (Å²) in [4.78, 5) is 0.815. The molecule has 1 heterocycles. The van der Waals surface area contributed by atoms with Gasteiger partial charge in [0, 0.05) is 4.88 Å². The molecule has 3 aromatic rings. The van der Waals surface area contributed by atoms with Crippen LogP contribution in [0.5, 0.6) is 0 Å². The highest BCUT2D eigenvalue weighted by atomic mass is 32.1. The maximum atomic E-state index is 13.1. The Kier molecular flexibility index (Phi) is 3.38. The lowest BCUT2D eigenvalue weighted by Gasteiger charge is -2.28. The van der Waals surface area contributed by atoms with Crippen molar-refractivity contribution in [2.24, 2.45) is 0 Å². The number of halogens is 1. The van der Waals surface area contributed by atoms with Gasteiger partial charge in [-0.05, 0) is 34.7 Å². The Morgan fingerprint density at radius 2 is 1.45 bits per heavy atom. The van der Waals surface area contributed by atoms with Crippen LogP contribution in [0.2, 0.25) is 0 Å². The van der Waals surface area contributed by atoms with Gasteiger partial charge >= 0.3 is 0 Å². The van der Waals surface area contributed by atoms with Crippen LogP contribution in [0.3, 0.4) is 0 Å². The summed E-state index contributed by atoms with van der Waals surface area (Å²) in [6, 6.07) is 19.2. The second-order valence-corrected chi connectivity index (χ2v) is 5.51. The van der Waals surface area contributed by atoms with Gasteiger partial charge in [0.25, 0.3) is 0 Å². The van der Waals surface area contributed by atoms with Gasteiger partial charge in [0.15, 0.2) is 0 Å². The van der Waals surface area contributed by atoms with E-state index in [1.54, 1.807) is 12.1 Å². The smallest absolute Gasteiger partial charge is 0.149 e. The molecule has 1 N–H and O–H groups in total. The number of benzene rings is 2. The first kappa shape index (κ1) is 13.0. The highest BCUT2D eigenvalue weighted by Crippen LogP contribution is 2.38. The molecule has 0 spiro atoms. The third-order valence-electron chi connectivity index (χ3n) is 3.33. The Balaban J connectivity index is 2.21. The molecular weight excluding hydrogens is 271 g/mol. The van der Waals surface area contributed by atoms with Crippen LogP contribution in [0.1, 0.15) is 16.0 Å². The average Bonchev–Trinajstić information content (AvgIpc) is 3.03. The van der Waals surface area contributed by atoms with Crippen LogP contribution in [0.4, 0.5) is 4.39 Å². The standard InChI is InChI=1S/C17H13FOS/c18-15-10-8-14(9-11-15)17(19,16-7-4-12-20-16)13-5-2-1-3-6-13/h1-12,19H. The number of aliphatic hydroxyl groups is 1. The van der Waals surface area contributed by atoms with Gasteiger partial charge in [-0.3, -0.25) is 0 Å². The summed E-state index contributed by atoms with van der Waals surface area (Å²) in [5, 5.41) is 13.2. The first-order chi connectivity index (χ1) is 9.71. The van der Waals surface area contributed by atoms with E-state index in [2.05, 4.69) is 0 Å². The van der Waals surface area contributed by atoms with Crippen LogP contribution in [0.25, 0.3) is 0 Å². The summed E-state index contributed by atoms with van der Waals surface area (Å²) < 4.78 is 13.1. The molecule has 20 heavy (non-hydrogen) atoms. The average molecular weight is 284 g/mol. The fourth-order valence-electron chi connectivity index (χ4n) is 2.31. The third kappa shape index (κ3) is 2.15. The minimum atomic E-state index is -1.25. The molecule has 2 aromatic carbocycles. The molecule has 0 aliphatic heterocycles. The van der Waals surface area contributed by atoms with Gasteiger partial charge in [-0.25, -0.2) is 4.39 Å². The zero-order valence-electron chi connectivity index (χ0n) is 10.7. The molecule has 0 amide bonds. The summed E-state index contributed by atoms with van der Waals surface area (Å²) in [6.45, 7) is 0. The molecule has 1 nitrogen and oxygen atoms in total. The van der Waals surface area contributed by atoms with Crippen molar-refractivity contribution < 1.29 is 9.50 Å². The molecular formula is C17H13FOS. The van der Waals surface area contributed by atoms with Crippen molar-refractivity contribution in [3.05, 3.63) is 93.9 Å². The predicted octanol–water partition coefficient (Wildman–Crippen LogP) is 4.17. The number of thiophene rings is 1. The van der Waals surface area contributed by atoms with E-state index < -0.39 is 5.60 Å². The van der Waals surface area contributed by atoms with Gasteiger partial charge < -0.3 is 5.11 Å². The van der Waals surface area contributed by atoms with Crippen molar-refractivity contribution >= 4 is 11.3 Å². The highest BCUT2D eigenvalue weighted by molar-refractivity contribution is 7.10. The molecule has 1 unspecified atom stereocenters. The Morgan fingerprint density at radius 1 is 0.800 bits per heavy atom. The van der Waals surface area contributed by atoms with E-state index in [1.165, 1.54) is 23.5 Å². The second kappa shape index (κ2) is 5.19. The molecule has 0 saturated heterocycles.